The molecule has 0 bridgehead atoms. The monoisotopic (exact) mass is 273 g/mol. The van der Waals surface area contributed by atoms with Crippen LogP contribution in [0.4, 0.5) is 11.9 Å². The molecule has 1 aromatic rings. The van der Waals surface area contributed by atoms with Crippen LogP contribution in [-0.4, -0.2) is 45.6 Å². The second-order valence-electron chi connectivity index (χ2n) is 4.51. The van der Waals surface area contributed by atoms with Crippen molar-refractivity contribution >= 4 is 35.3 Å². The predicted octanol–water partition coefficient (Wildman–Crippen LogP) is 1.90. The summed E-state index contributed by atoms with van der Waals surface area (Å²) < 4.78 is 0.219. The second-order valence-corrected chi connectivity index (χ2v) is 6.65. The van der Waals surface area contributed by atoms with E-state index in [2.05, 4.69) is 39.0 Å². The molecule has 1 saturated heterocycles. The highest BCUT2D eigenvalue weighted by atomic mass is 35.5. The van der Waals surface area contributed by atoms with Crippen molar-refractivity contribution in [1.82, 2.24) is 15.0 Å². The fourth-order valence-corrected chi connectivity index (χ4v) is 3.05. The van der Waals surface area contributed by atoms with Gasteiger partial charge in [0.2, 0.25) is 17.2 Å². The molecular weight excluding hydrogens is 258 g/mol. The van der Waals surface area contributed by atoms with Crippen LogP contribution in [0.3, 0.4) is 0 Å². The molecule has 1 aromatic heterocycles. The number of aromatic nitrogens is 3. The molecule has 94 valence electrons. The summed E-state index contributed by atoms with van der Waals surface area (Å²) in [5.74, 6) is 2.24. The van der Waals surface area contributed by atoms with Gasteiger partial charge in [0.15, 0.2) is 0 Å². The molecule has 0 spiro atoms. The van der Waals surface area contributed by atoms with Gasteiger partial charge in [-0.3, -0.25) is 0 Å². The van der Waals surface area contributed by atoms with Crippen LogP contribution < -0.4 is 10.2 Å². The van der Waals surface area contributed by atoms with E-state index in [1.807, 2.05) is 11.8 Å². The first-order chi connectivity index (χ1) is 8.00. The van der Waals surface area contributed by atoms with Crippen molar-refractivity contribution in [2.45, 2.75) is 18.6 Å². The van der Waals surface area contributed by atoms with Gasteiger partial charge in [-0.05, 0) is 25.4 Å². The van der Waals surface area contributed by atoms with Crippen LogP contribution in [0.15, 0.2) is 0 Å². The van der Waals surface area contributed by atoms with Gasteiger partial charge in [0.05, 0.1) is 0 Å². The molecule has 0 aliphatic carbocycles. The Morgan fingerprint density at radius 1 is 1.35 bits per heavy atom. The maximum Gasteiger partial charge on any atom is 0.231 e. The largest absolute Gasteiger partial charge is 0.357 e. The first-order valence-corrected chi connectivity index (χ1v) is 6.85. The number of hydrogen-bond acceptors (Lipinski definition) is 6. The van der Waals surface area contributed by atoms with Gasteiger partial charge in [0.1, 0.15) is 0 Å². The van der Waals surface area contributed by atoms with Crippen LogP contribution in [-0.2, 0) is 0 Å². The van der Waals surface area contributed by atoms with Crippen molar-refractivity contribution in [1.29, 1.82) is 0 Å². The van der Waals surface area contributed by atoms with Crippen molar-refractivity contribution in [3.63, 3.8) is 0 Å². The predicted molar refractivity (Wildman–Crippen MR) is 73.1 cm³/mol. The van der Waals surface area contributed by atoms with Crippen molar-refractivity contribution in [3.8, 4) is 0 Å². The van der Waals surface area contributed by atoms with E-state index in [0.29, 0.717) is 11.9 Å². The highest BCUT2D eigenvalue weighted by Gasteiger charge is 2.28. The molecule has 1 fully saturated rings. The van der Waals surface area contributed by atoms with E-state index in [-0.39, 0.29) is 10.0 Å². The van der Waals surface area contributed by atoms with E-state index in [0.717, 1.165) is 18.8 Å². The van der Waals surface area contributed by atoms with Gasteiger partial charge in [-0.15, -0.1) is 0 Å². The SMILES string of the molecule is CNc1nc(Cl)nc(N2CCSC(C)(C)C2)n1. The molecule has 0 aromatic carbocycles. The van der Waals surface area contributed by atoms with Gasteiger partial charge < -0.3 is 10.2 Å². The van der Waals surface area contributed by atoms with Crippen molar-refractivity contribution in [2.24, 2.45) is 0 Å². The van der Waals surface area contributed by atoms with E-state index in [9.17, 15) is 0 Å². The van der Waals surface area contributed by atoms with E-state index >= 15 is 0 Å². The number of nitrogens with one attached hydrogen (secondary N) is 1. The molecule has 0 radical (unpaired) electrons. The molecule has 1 N–H and O–H groups in total. The molecule has 0 saturated carbocycles. The van der Waals surface area contributed by atoms with Gasteiger partial charge in [-0.1, -0.05) is 0 Å². The molecule has 5 nitrogen and oxygen atoms in total. The maximum atomic E-state index is 5.88. The lowest BCUT2D eigenvalue weighted by Crippen LogP contribution is -2.44. The maximum absolute atomic E-state index is 5.88. The van der Waals surface area contributed by atoms with Gasteiger partial charge >= 0.3 is 0 Å². The van der Waals surface area contributed by atoms with Crippen molar-refractivity contribution in [2.75, 3.05) is 36.1 Å². The highest BCUT2D eigenvalue weighted by Crippen LogP contribution is 2.31. The Kier molecular flexibility index (Phi) is 3.63. The summed E-state index contributed by atoms with van der Waals surface area (Å²) in [7, 11) is 1.77. The number of halogens is 1. The molecule has 0 amide bonds. The summed E-state index contributed by atoms with van der Waals surface area (Å²) >= 11 is 7.86. The summed E-state index contributed by atoms with van der Waals surface area (Å²) in [5.41, 5.74) is 0. The first kappa shape index (κ1) is 12.7. The Bertz CT molecular complexity index is 412. The molecule has 2 rings (SSSR count). The zero-order chi connectivity index (χ0) is 12.5. The van der Waals surface area contributed by atoms with Crippen molar-refractivity contribution < 1.29 is 0 Å². The second kappa shape index (κ2) is 4.86. The van der Waals surface area contributed by atoms with Gasteiger partial charge in [0, 0.05) is 30.6 Å². The van der Waals surface area contributed by atoms with E-state index in [1.165, 1.54) is 0 Å². The third kappa shape index (κ3) is 3.13. The van der Waals surface area contributed by atoms with E-state index < -0.39 is 0 Å². The zero-order valence-corrected chi connectivity index (χ0v) is 11.8. The number of anilines is 2. The Morgan fingerprint density at radius 3 is 2.76 bits per heavy atom. The lowest BCUT2D eigenvalue weighted by molar-refractivity contribution is 0.634. The number of thioether (sulfide) groups is 1. The van der Waals surface area contributed by atoms with Crippen LogP contribution in [0, 0.1) is 0 Å². The average molecular weight is 274 g/mol. The number of rotatable bonds is 2. The standard InChI is InChI=1S/C10H16ClN5S/c1-10(2)6-16(4-5-17-10)9-14-7(11)13-8(12-3)15-9/h4-6H2,1-3H3,(H,12,13,14,15). The van der Waals surface area contributed by atoms with Crippen LogP contribution in [0.25, 0.3) is 0 Å². The smallest absolute Gasteiger partial charge is 0.231 e. The molecule has 1 aliphatic heterocycles. The van der Waals surface area contributed by atoms with Crippen LogP contribution in [0.2, 0.25) is 5.28 Å². The first-order valence-electron chi connectivity index (χ1n) is 5.48. The topological polar surface area (TPSA) is 53.9 Å². The van der Waals surface area contributed by atoms with Crippen LogP contribution in [0.5, 0.6) is 0 Å². The summed E-state index contributed by atoms with van der Waals surface area (Å²) in [6.45, 7) is 6.32. The van der Waals surface area contributed by atoms with Gasteiger partial charge in [-0.25, -0.2) is 0 Å². The third-order valence-corrected chi connectivity index (χ3v) is 3.99. The fraction of sp³-hybridized carbons (Fsp3) is 0.700. The normalized spacial score (nSPS) is 19.2. The Balaban J connectivity index is 2.24. The molecule has 17 heavy (non-hydrogen) atoms. The Morgan fingerprint density at radius 2 is 2.12 bits per heavy atom. The Labute approximate surface area is 110 Å². The van der Waals surface area contributed by atoms with Crippen LogP contribution in [0.1, 0.15) is 13.8 Å². The third-order valence-electron chi connectivity index (χ3n) is 2.53. The molecule has 7 heteroatoms. The molecule has 0 unspecified atom stereocenters. The van der Waals surface area contributed by atoms with Gasteiger partial charge in [-0.2, -0.15) is 26.7 Å². The molecule has 0 atom stereocenters. The summed E-state index contributed by atoms with van der Waals surface area (Å²) in [5, 5.41) is 3.12. The summed E-state index contributed by atoms with van der Waals surface area (Å²) in [4.78, 5) is 14.7. The summed E-state index contributed by atoms with van der Waals surface area (Å²) in [6.07, 6.45) is 0. The minimum Gasteiger partial charge on any atom is -0.357 e. The quantitative estimate of drug-likeness (QED) is 0.888. The lowest BCUT2D eigenvalue weighted by Gasteiger charge is -2.37. The zero-order valence-electron chi connectivity index (χ0n) is 10.2. The minimum absolute atomic E-state index is 0.219. The van der Waals surface area contributed by atoms with Crippen LogP contribution >= 0.6 is 23.4 Å². The van der Waals surface area contributed by atoms with Crippen molar-refractivity contribution in [3.05, 3.63) is 5.28 Å². The minimum atomic E-state index is 0.219. The Hall–Kier alpha value is -0.750. The molecule has 1 aliphatic rings. The molecular formula is C10H16ClN5S. The van der Waals surface area contributed by atoms with E-state index in [4.69, 9.17) is 11.6 Å². The lowest BCUT2D eigenvalue weighted by atomic mass is 10.2. The van der Waals surface area contributed by atoms with Gasteiger partial charge in [0.25, 0.3) is 0 Å². The van der Waals surface area contributed by atoms with E-state index in [1.54, 1.807) is 7.05 Å². The summed E-state index contributed by atoms with van der Waals surface area (Å²) in [6, 6.07) is 0. The average Bonchev–Trinajstić information content (AvgIpc) is 2.27. The number of nitrogens with zero attached hydrogens (tertiary/aromatic N) is 4. The number of hydrogen-bond donors (Lipinski definition) is 1. The fourth-order valence-electron chi connectivity index (χ4n) is 1.78. The molecule has 2 heterocycles. The highest BCUT2D eigenvalue weighted by molar-refractivity contribution is 8.00.